The second kappa shape index (κ2) is 7.63. The lowest BCUT2D eigenvalue weighted by molar-refractivity contribution is 0.135. The van der Waals surface area contributed by atoms with Crippen molar-refractivity contribution in [3.63, 3.8) is 0 Å². The van der Waals surface area contributed by atoms with Crippen LogP contribution < -0.4 is 5.73 Å². The largest absolute Gasteiger partial charge is 0.388 e. The van der Waals surface area contributed by atoms with Gasteiger partial charge in [0, 0.05) is 25.9 Å². The molecule has 2 N–H and O–H groups in total. The molecule has 1 aromatic rings. The van der Waals surface area contributed by atoms with E-state index >= 15 is 0 Å². The van der Waals surface area contributed by atoms with Crippen LogP contribution in [0.5, 0.6) is 0 Å². The van der Waals surface area contributed by atoms with Crippen LogP contribution in [0.4, 0.5) is 0 Å². The molecular weight excluding hydrogens is 298 g/mol. The van der Waals surface area contributed by atoms with Crippen molar-refractivity contribution >= 4 is 27.2 Å². The molecular formula is C12H19N3O3S2. The van der Waals surface area contributed by atoms with Crippen molar-refractivity contribution in [2.45, 2.75) is 18.7 Å². The fraction of sp³-hybridized carbons (Fsp3) is 0.500. The Hall–Kier alpha value is -1.09. The number of rotatable bonds is 8. The zero-order valence-electron chi connectivity index (χ0n) is 11.6. The Bertz CT molecular complexity index is 561. The van der Waals surface area contributed by atoms with Gasteiger partial charge in [-0.2, -0.15) is 4.31 Å². The summed E-state index contributed by atoms with van der Waals surface area (Å²) in [5.41, 5.74) is 5.66. The summed E-state index contributed by atoms with van der Waals surface area (Å²) in [6, 6.07) is 3.01. The molecule has 0 aliphatic rings. The van der Waals surface area contributed by atoms with Crippen LogP contribution in [-0.4, -0.2) is 49.0 Å². The molecule has 1 heterocycles. The van der Waals surface area contributed by atoms with E-state index in [0.717, 1.165) is 0 Å². The van der Waals surface area contributed by atoms with E-state index in [1.807, 2.05) is 6.92 Å². The molecule has 0 saturated carbocycles. The number of hydrogen-bond acceptors (Lipinski definition) is 5. The molecule has 0 radical (unpaired) electrons. The summed E-state index contributed by atoms with van der Waals surface area (Å²) in [6.07, 6.45) is 1.46. The van der Waals surface area contributed by atoms with Crippen molar-refractivity contribution in [3.8, 4) is 0 Å². The molecule has 0 atom stereocenters. The summed E-state index contributed by atoms with van der Waals surface area (Å²) < 4.78 is 31.7. The fourth-order valence-electron chi connectivity index (χ4n) is 1.68. The van der Waals surface area contributed by atoms with Crippen LogP contribution >= 0.6 is 12.2 Å². The lowest BCUT2D eigenvalue weighted by atomic mass is 10.3. The van der Waals surface area contributed by atoms with Crippen LogP contribution in [0.25, 0.3) is 0 Å². The van der Waals surface area contributed by atoms with Crippen molar-refractivity contribution in [2.24, 2.45) is 5.73 Å². The molecule has 0 saturated heterocycles. The molecule has 0 aromatic carbocycles. The Morgan fingerprint density at radius 1 is 1.50 bits per heavy atom. The Kier molecular flexibility index (Phi) is 6.47. The molecule has 8 heteroatoms. The van der Waals surface area contributed by atoms with Crippen molar-refractivity contribution in [2.75, 3.05) is 26.3 Å². The first-order chi connectivity index (χ1) is 9.45. The summed E-state index contributed by atoms with van der Waals surface area (Å²) in [4.78, 5) is 3.95. The lowest BCUT2D eigenvalue weighted by Gasteiger charge is -2.21. The van der Waals surface area contributed by atoms with E-state index in [2.05, 4.69) is 4.98 Å². The van der Waals surface area contributed by atoms with Crippen molar-refractivity contribution in [1.82, 2.24) is 9.29 Å². The van der Waals surface area contributed by atoms with Gasteiger partial charge in [-0.05, 0) is 19.1 Å². The third-order valence-corrected chi connectivity index (χ3v) is 4.86. The number of ether oxygens (including phenoxy) is 1. The van der Waals surface area contributed by atoms with E-state index in [4.69, 9.17) is 22.7 Å². The highest BCUT2D eigenvalue weighted by Crippen LogP contribution is 2.18. The Morgan fingerprint density at radius 2 is 2.20 bits per heavy atom. The minimum atomic E-state index is -3.68. The van der Waals surface area contributed by atoms with Gasteiger partial charge in [-0.15, -0.1) is 0 Å². The number of sulfonamides is 1. The molecule has 0 fully saturated rings. The molecule has 0 bridgehead atoms. The summed E-state index contributed by atoms with van der Waals surface area (Å²) >= 11 is 4.86. The maximum absolute atomic E-state index is 12.6. The molecule has 0 unspecified atom stereocenters. The van der Waals surface area contributed by atoms with Gasteiger partial charge < -0.3 is 10.5 Å². The maximum atomic E-state index is 12.6. The van der Waals surface area contributed by atoms with Gasteiger partial charge in [0.2, 0.25) is 10.0 Å². The third-order valence-electron chi connectivity index (χ3n) is 2.66. The lowest BCUT2D eigenvalue weighted by Crippen LogP contribution is -2.35. The minimum Gasteiger partial charge on any atom is -0.388 e. The van der Waals surface area contributed by atoms with E-state index in [1.54, 1.807) is 13.0 Å². The number of hydrogen-bond donors (Lipinski definition) is 1. The number of pyridine rings is 1. The normalized spacial score (nSPS) is 11.8. The van der Waals surface area contributed by atoms with Crippen LogP contribution in [-0.2, 0) is 14.8 Å². The highest BCUT2D eigenvalue weighted by molar-refractivity contribution is 7.89. The SMILES string of the molecule is CCOCCN(CC)S(=O)(=O)c1cccnc1C(N)=S. The minimum absolute atomic E-state index is 0.0332. The van der Waals surface area contributed by atoms with E-state index in [9.17, 15) is 8.42 Å². The van der Waals surface area contributed by atoms with Crippen molar-refractivity contribution in [1.29, 1.82) is 0 Å². The Morgan fingerprint density at radius 3 is 2.75 bits per heavy atom. The highest BCUT2D eigenvalue weighted by atomic mass is 32.2. The van der Waals surface area contributed by atoms with Crippen LogP contribution in [0.3, 0.4) is 0 Å². The standard InChI is InChI=1S/C12H19N3O3S2/c1-3-15(8-9-18-4-2)20(16,17)10-6-5-7-14-11(10)12(13)19/h5-7H,3-4,8-9H2,1-2H3,(H2,13,19). The average molecular weight is 317 g/mol. The quantitative estimate of drug-likeness (QED) is 0.563. The number of nitrogens with two attached hydrogens (primary N) is 1. The Labute approximate surface area is 125 Å². The smallest absolute Gasteiger partial charge is 0.245 e. The van der Waals surface area contributed by atoms with Crippen LogP contribution in [0, 0.1) is 0 Å². The predicted octanol–water partition coefficient (Wildman–Crippen LogP) is 0.763. The number of aromatic nitrogens is 1. The molecule has 6 nitrogen and oxygen atoms in total. The molecule has 0 spiro atoms. The van der Waals surface area contributed by atoms with E-state index in [-0.39, 0.29) is 22.1 Å². The van der Waals surface area contributed by atoms with Gasteiger partial charge in [-0.1, -0.05) is 19.1 Å². The van der Waals surface area contributed by atoms with Crippen molar-refractivity contribution < 1.29 is 13.2 Å². The van der Waals surface area contributed by atoms with Gasteiger partial charge in [-0.3, -0.25) is 4.98 Å². The van der Waals surface area contributed by atoms with Crippen molar-refractivity contribution in [3.05, 3.63) is 24.0 Å². The zero-order valence-corrected chi connectivity index (χ0v) is 13.2. The van der Waals surface area contributed by atoms with E-state index in [1.165, 1.54) is 16.6 Å². The summed E-state index contributed by atoms with van der Waals surface area (Å²) in [5, 5.41) is 0. The summed E-state index contributed by atoms with van der Waals surface area (Å²) in [6.45, 7) is 5.12. The van der Waals surface area contributed by atoms with E-state index in [0.29, 0.717) is 19.8 Å². The predicted molar refractivity (Wildman–Crippen MR) is 81.1 cm³/mol. The highest BCUT2D eigenvalue weighted by Gasteiger charge is 2.26. The van der Waals surface area contributed by atoms with Crippen LogP contribution in [0.2, 0.25) is 0 Å². The van der Waals surface area contributed by atoms with Gasteiger partial charge >= 0.3 is 0 Å². The number of nitrogens with zero attached hydrogens (tertiary/aromatic N) is 2. The third kappa shape index (κ3) is 3.95. The topological polar surface area (TPSA) is 85.5 Å². The first-order valence-electron chi connectivity index (χ1n) is 6.27. The van der Waals surface area contributed by atoms with E-state index < -0.39 is 10.0 Å². The first kappa shape index (κ1) is 17.0. The monoisotopic (exact) mass is 317 g/mol. The van der Waals surface area contributed by atoms with Gasteiger partial charge in [0.25, 0.3) is 0 Å². The van der Waals surface area contributed by atoms with Gasteiger partial charge in [0.05, 0.1) is 6.61 Å². The van der Waals surface area contributed by atoms with Crippen LogP contribution in [0.1, 0.15) is 19.5 Å². The molecule has 0 amide bonds. The number of thiocarbonyl (C=S) groups is 1. The molecule has 0 aliphatic carbocycles. The molecule has 1 rings (SSSR count). The molecule has 0 aliphatic heterocycles. The van der Waals surface area contributed by atoms with Gasteiger partial charge in [-0.25, -0.2) is 8.42 Å². The zero-order chi connectivity index (χ0) is 15.2. The fourth-order valence-corrected chi connectivity index (χ4v) is 3.50. The average Bonchev–Trinajstić information content (AvgIpc) is 2.43. The van der Waals surface area contributed by atoms with Gasteiger partial charge in [0.1, 0.15) is 15.6 Å². The Balaban J connectivity index is 3.11. The maximum Gasteiger partial charge on any atom is 0.245 e. The summed E-state index contributed by atoms with van der Waals surface area (Å²) in [5.74, 6) is 0. The second-order valence-corrected chi connectivity index (χ2v) is 6.25. The molecule has 20 heavy (non-hydrogen) atoms. The number of likely N-dealkylation sites (N-methyl/N-ethyl adjacent to an activating group) is 1. The second-order valence-electron chi connectivity index (χ2n) is 3.91. The summed E-state index contributed by atoms with van der Waals surface area (Å²) in [7, 11) is -3.68. The molecule has 1 aromatic heterocycles. The van der Waals surface area contributed by atoms with Crippen LogP contribution in [0.15, 0.2) is 23.2 Å². The van der Waals surface area contributed by atoms with Gasteiger partial charge in [0.15, 0.2) is 0 Å². The molecule has 112 valence electrons. The first-order valence-corrected chi connectivity index (χ1v) is 8.12.